The van der Waals surface area contributed by atoms with Crippen LogP contribution in [-0.2, 0) is 6.54 Å². The van der Waals surface area contributed by atoms with E-state index in [-0.39, 0.29) is 18.2 Å². The second kappa shape index (κ2) is 8.72. The molecule has 1 aliphatic heterocycles. The number of aliphatic hydroxyl groups is 1. The quantitative estimate of drug-likeness (QED) is 0.794. The maximum Gasteiger partial charge on any atom is 0.318 e. The van der Waals surface area contributed by atoms with Crippen LogP contribution in [0.4, 0.5) is 4.79 Å². The number of nitrogens with one attached hydrogen (secondary N) is 1. The molecule has 2 N–H and O–H groups in total. The van der Waals surface area contributed by atoms with Crippen LogP contribution in [-0.4, -0.2) is 59.3 Å². The fraction of sp³-hybridized carbons (Fsp3) is 0.737. The first-order valence-corrected chi connectivity index (χ1v) is 9.63. The van der Waals surface area contributed by atoms with Gasteiger partial charge in [0.05, 0.1) is 25.0 Å². The van der Waals surface area contributed by atoms with Crippen LogP contribution in [0, 0.1) is 0 Å². The van der Waals surface area contributed by atoms with E-state index in [0.29, 0.717) is 13.1 Å². The van der Waals surface area contributed by atoms with Crippen LogP contribution in [0.3, 0.4) is 0 Å². The number of aliphatic hydroxyl groups excluding tert-OH is 1. The largest absolute Gasteiger partial charge is 0.467 e. The minimum atomic E-state index is -0.128. The lowest BCUT2D eigenvalue weighted by atomic mass is 9.81. The van der Waals surface area contributed by atoms with E-state index >= 15 is 0 Å². The van der Waals surface area contributed by atoms with E-state index < -0.39 is 0 Å². The molecule has 1 saturated heterocycles. The smallest absolute Gasteiger partial charge is 0.318 e. The van der Waals surface area contributed by atoms with Crippen LogP contribution in [0.25, 0.3) is 0 Å². The summed E-state index contributed by atoms with van der Waals surface area (Å²) in [5.41, 5.74) is -0.128. The molecule has 1 saturated carbocycles. The highest BCUT2D eigenvalue weighted by Gasteiger charge is 2.37. The van der Waals surface area contributed by atoms with Gasteiger partial charge in [0.2, 0.25) is 0 Å². The van der Waals surface area contributed by atoms with Gasteiger partial charge in [-0.15, -0.1) is 0 Å². The molecule has 1 aliphatic carbocycles. The Bertz CT molecular complexity index is 520. The van der Waals surface area contributed by atoms with E-state index in [1.807, 2.05) is 12.1 Å². The van der Waals surface area contributed by atoms with Gasteiger partial charge < -0.3 is 24.6 Å². The Hall–Kier alpha value is -1.53. The number of furan rings is 1. The molecule has 2 heterocycles. The summed E-state index contributed by atoms with van der Waals surface area (Å²) < 4.78 is 5.37. The molecule has 140 valence electrons. The third-order valence-corrected chi connectivity index (χ3v) is 5.49. The van der Waals surface area contributed by atoms with Crippen molar-refractivity contribution in [2.75, 3.05) is 32.8 Å². The van der Waals surface area contributed by atoms with Crippen molar-refractivity contribution in [2.45, 2.75) is 57.0 Å². The number of likely N-dealkylation sites (tertiary alicyclic amines) is 1. The SMILES string of the molecule is O=C(NC1(CN2CCCC2)CCCCC1)N(CCO)Cc1ccco1. The first-order valence-electron chi connectivity index (χ1n) is 9.63. The van der Waals surface area contributed by atoms with Gasteiger partial charge in [-0.2, -0.15) is 0 Å². The molecular weight excluding hydrogens is 318 g/mol. The van der Waals surface area contributed by atoms with E-state index in [0.717, 1.165) is 38.2 Å². The van der Waals surface area contributed by atoms with E-state index in [2.05, 4.69) is 10.2 Å². The van der Waals surface area contributed by atoms with E-state index in [4.69, 9.17) is 4.42 Å². The molecular formula is C19H31N3O3. The summed E-state index contributed by atoms with van der Waals surface area (Å²) in [6.07, 6.45) is 9.83. The number of amides is 2. The van der Waals surface area contributed by atoms with Crippen molar-refractivity contribution in [1.29, 1.82) is 0 Å². The highest BCUT2D eigenvalue weighted by Crippen LogP contribution is 2.30. The van der Waals surface area contributed by atoms with Crippen LogP contribution in [0.1, 0.15) is 50.7 Å². The Morgan fingerprint density at radius 1 is 1.24 bits per heavy atom. The fourth-order valence-electron chi connectivity index (χ4n) is 4.19. The van der Waals surface area contributed by atoms with Crippen LogP contribution in [0.15, 0.2) is 22.8 Å². The van der Waals surface area contributed by atoms with Gasteiger partial charge in [0, 0.05) is 13.1 Å². The number of rotatable bonds is 7. The molecule has 1 aromatic heterocycles. The molecule has 0 unspecified atom stereocenters. The van der Waals surface area contributed by atoms with Gasteiger partial charge in [0.15, 0.2) is 0 Å². The molecule has 0 atom stereocenters. The van der Waals surface area contributed by atoms with E-state index in [1.165, 1.54) is 32.1 Å². The van der Waals surface area contributed by atoms with Crippen LogP contribution < -0.4 is 5.32 Å². The van der Waals surface area contributed by atoms with Crippen LogP contribution in [0.5, 0.6) is 0 Å². The van der Waals surface area contributed by atoms with Crippen molar-refractivity contribution in [3.05, 3.63) is 24.2 Å². The standard InChI is InChI=1S/C19H31N3O3/c23-13-12-22(15-17-7-6-14-25-17)18(24)20-19(8-2-1-3-9-19)16-21-10-4-5-11-21/h6-7,14,23H,1-5,8-13,15-16H2,(H,20,24). The van der Waals surface area contributed by atoms with Crippen LogP contribution >= 0.6 is 0 Å². The van der Waals surface area contributed by atoms with Gasteiger partial charge in [-0.05, 0) is 50.9 Å². The lowest BCUT2D eigenvalue weighted by Crippen LogP contribution is -2.59. The van der Waals surface area contributed by atoms with Crippen molar-refractivity contribution in [3.63, 3.8) is 0 Å². The van der Waals surface area contributed by atoms with Crippen molar-refractivity contribution in [3.8, 4) is 0 Å². The summed E-state index contributed by atoms with van der Waals surface area (Å²) in [4.78, 5) is 17.1. The Labute approximate surface area is 150 Å². The van der Waals surface area contributed by atoms with E-state index in [9.17, 15) is 9.90 Å². The average molecular weight is 349 g/mol. The molecule has 3 rings (SSSR count). The number of hydrogen-bond acceptors (Lipinski definition) is 4. The second-order valence-corrected chi connectivity index (χ2v) is 7.48. The summed E-state index contributed by atoms with van der Waals surface area (Å²) in [5, 5.41) is 12.7. The average Bonchev–Trinajstić information content (AvgIpc) is 3.29. The molecule has 25 heavy (non-hydrogen) atoms. The highest BCUT2D eigenvalue weighted by molar-refractivity contribution is 5.75. The Morgan fingerprint density at radius 3 is 2.64 bits per heavy atom. The molecule has 1 aromatic rings. The second-order valence-electron chi connectivity index (χ2n) is 7.48. The molecule has 6 nitrogen and oxygen atoms in total. The molecule has 2 fully saturated rings. The fourth-order valence-corrected chi connectivity index (χ4v) is 4.19. The summed E-state index contributed by atoms with van der Waals surface area (Å²) in [7, 11) is 0. The van der Waals surface area contributed by atoms with Crippen molar-refractivity contribution >= 4 is 6.03 Å². The van der Waals surface area contributed by atoms with Gasteiger partial charge in [0.25, 0.3) is 0 Å². The predicted molar refractivity (Wildman–Crippen MR) is 96.2 cm³/mol. The number of urea groups is 1. The summed E-state index contributed by atoms with van der Waals surface area (Å²) in [6.45, 7) is 3.89. The summed E-state index contributed by atoms with van der Waals surface area (Å²) >= 11 is 0. The molecule has 0 bridgehead atoms. The maximum atomic E-state index is 13.0. The zero-order valence-electron chi connectivity index (χ0n) is 15.1. The zero-order chi connectivity index (χ0) is 17.5. The zero-order valence-corrected chi connectivity index (χ0v) is 15.1. The lowest BCUT2D eigenvalue weighted by Gasteiger charge is -2.42. The normalized spacial score (nSPS) is 20.5. The molecule has 0 spiro atoms. The number of hydrogen-bond donors (Lipinski definition) is 2. The van der Waals surface area contributed by atoms with Gasteiger partial charge in [-0.25, -0.2) is 4.79 Å². The van der Waals surface area contributed by atoms with Crippen molar-refractivity contribution < 1.29 is 14.3 Å². The molecule has 0 radical (unpaired) electrons. The molecule has 2 amide bonds. The third kappa shape index (κ3) is 4.98. The van der Waals surface area contributed by atoms with Gasteiger partial charge in [-0.1, -0.05) is 19.3 Å². The topological polar surface area (TPSA) is 69.0 Å². The maximum absolute atomic E-state index is 13.0. The Balaban J connectivity index is 1.66. The number of carbonyl (C=O) groups excluding carboxylic acids is 1. The monoisotopic (exact) mass is 349 g/mol. The number of nitrogens with zero attached hydrogens (tertiary/aromatic N) is 2. The minimum absolute atomic E-state index is 0.0484. The van der Waals surface area contributed by atoms with Crippen molar-refractivity contribution in [2.24, 2.45) is 0 Å². The molecule has 2 aliphatic rings. The molecule has 0 aromatic carbocycles. The minimum Gasteiger partial charge on any atom is -0.467 e. The van der Waals surface area contributed by atoms with Crippen LogP contribution in [0.2, 0.25) is 0 Å². The lowest BCUT2D eigenvalue weighted by molar-refractivity contribution is 0.128. The first-order chi connectivity index (χ1) is 12.2. The Kier molecular flexibility index (Phi) is 6.37. The van der Waals surface area contributed by atoms with Gasteiger partial charge in [0.1, 0.15) is 5.76 Å². The van der Waals surface area contributed by atoms with Gasteiger partial charge >= 0.3 is 6.03 Å². The number of carbonyl (C=O) groups is 1. The Morgan fingerprint density at radius 2 is 2.00 bits per heavy atom. The van der Waals surface area contributed by atoms with E-state index in [1.54, 1.807) is 11.2 Å². The van der Waals surface area contributed by atoms with Gasteiger partial charge in [-0.3, -0.25) is 0 Å². The third-order valence-electron chi connectivity index (χ3n) is 5.49. The molecule has 6 heteroatoms. The predicted octanol–water partition coefficient (Wildman–Crippen LogP) is 2.58. The summed E-state index contributed by atoms with van der Waals surface area (Å²) in [5.74, 6) is 0.737. The summed E-state index contributed by atoms with van der Waals surface area (Å²) in [6, 6.07) is 3.59. The van der Waals surface area contributed by atoms with Crippen molar-refractivity contribution in [1.82, 2.24) is 15.1 Å². The highest BCUT2D eigenvalue weighted by atomic mass is 16.3. The first kappa shape index (κ1) is 18.3.